The molecule has 0 bridgehead atoms. The number of thioether (sulfide) groups is 1. The van der Waals surface area contributed by atoms with Crippen molar-refractivity contribution in [3.63, 3.8) is 0 Å². The summed E-state index contributed by atoms with van der Waals surface area (Å²) in [7, 11) is 2.98. The van der Waals surface area contributed by atoms with Gasteiger partial charge < -0.3 is 18.1 Å². The van der Waals surface area contributed by atoms with Crippen LogP contribution in [0.1, 0.15) is 20.8 Å². The first-order valence-electron chi connectivity index (χ1n) is 10.1. The van der Waals surface area contributed by atoms with Gasteiger partial charge >= 0.3 is 0 Å². The van der Waals surface area contributed by atoms with Crippen molar-refractivity contribution in [3.8, 4) is 0 Å². The van der Waals surface area contributed by atoms with Gasteiger partial charge in [0, 0.05) is 25.7 Å². The Morgan fingerprint density at radius 3 is 2.18 bits per heavy atom. The maximum atomic E-state index is 12.2. The Morgan fingerprint density at radius 2 is 1.61 bits per heavy atom. The van der Waals surface area contributed by atoms with E-state index < -0.39 is 11.4 Å². The zero-order chi connectivity index (χ0) is 24.7. The Labute approximate surface area is 218 Å². The van der Waals surface area contributed by atoms with Crippen LogP contribution in [0.3, 0.4) is 0 Å². The molecule has 0 aliphatic carbocycles. The van der Waals surface area contributed by atoms with Gasteiger partial charge in [-0.2, -0.15) is 16.4 Å². The molecule has 0 saturated carbocycles. The van der Waals surface area contributed by atoms with E-state index in [4.69, 9.17) is 41.7 Å². The van der Waals surface area contributed by atoms with Crippen molar-refractivity contribution >= 4 is 80.4 Å². The van der Waals surface area contributed by atoms with Crippen molar-refractivity contribution in [2.75, 3.05) is 44.7 Å². The number of fused-ring (bicyclic) bond motifs is 1. The van der Waals surface area contributed by atoms with Crippen LogP contribution in [0.15, 0.2) is 29.1 Å². The lowest BCUT2D eigenvalue weighted by molar-refractivity contribution is 0.280. The molecule has 0 amide bonds. The Hall–Kier alpha value is 0.480. The molecule has 0 radical (unpaired) electrons. The molecule has 33 heavy (non-hydrogen) atoms. The molecule has 15 heteroatoms. The van der Waals surface area contributed by atoms with Crippen molar-refractivity contribution in [1.29, 1.82) is 0 Å². The summed E-state index contributed by atoms with van der Waals surface area (Å²) in [6.45, 7) is 7.37. The number of nitrogens with zero attached hydrogens (tertiary/aromatic N) is 3. The van der Waals surface area contributed by atoms with Crippen molar-refractivity contribution in [2.45, 2.75) is 26.6 Å². The van der Waals surface area contributed by atoms with Gasteiger partial charge in [0.2, 0.25) is 11.4 Å². The molecule has 188 valence electrons. The standard InChI is InChI=1S/C10H12N3O3PS2.C8H19O2PS3/c1-15-17(18,16-2)19-7-13-10(14)8-5-3-4-6-9(8)11-12-13;1-4-9-11(12,10-5-2)14-8-7-13-6-3/h3-6H,7H2,1-2H3;4-8H2,1-3H3. The third kappa shape index (κ3) is 11.4. The molecular formula is C18H31N3O5P2S5. The van der Waals surface area contributed by atoms with E-state index in [-0.39, 0.29) is 11.4 Å². The normalized spacial score (nSPS) is 11.9. The number of hydrogen-bond donors (Lipinski definition) is 0. The Morgan fingerprint density at radius 1 is 0.970 bits per heavy atom. The molecule has 1 aromatic heterocycles. The van der Waals surface area contributed by atoms with Gasteiger partial charge in [0.25, 0.3) is 5.56 Å². The van der Waals surface area contributed by atoms with E-state index in [9.17, 15) is 4.79 Å². The molecule has 1 heterocycles. The summed E-state index contributed by atoms with van der Waals surface area (Å²) < 4.78 is 22.5. The number of benzene rings is 1. The first-order chi connectivity index (χ1) is 15.8. The van der Waals surface area contributed by atoms with Crippen LogP contribution in [0.25, 0.3) is 10.9 Å². The molecule has 0 N–H and O–H groups in total. The molecule has 1 aromatic carbocycles. The minimum Gasteiger partial charge on any atom is -0.325 e. The summed E-state index contributed by atoms with van der Waals surface area (Å²) in [4.78, 5) is 12.2. The van der Waals surface area contributed by atoms with Crippen molar-refractivity contribution < 1.29 is 18.1 Å². The average molecular weight is 592 g/mol. The maximum Gasteiger partial charge on any atom is 0.278 e. The van der Waals surface area contributed by atoms with Gasteiger partial charge in [-0.05, 0) is 66.7 Å². The number of aromatic nitrogens is 3. The Kier molecular flexibility index (Phi) is 16.3. The smallest absolute Gasteiger partial charge is 0.278 e. The summed E-state index contributed by atoms with van der Waals surface area (Å²) in [6.07, 6.45) is 0. The van der Waals surface area contributed by atoms with Gasteiger partial charge in [0.05, 0.1) is 18.6 Å². The van der Waals surface area contributed by atoms with Crippen LogP contribution >= 0.6 is 45.9 Å². The summed E-state index contributed by atoms with van der Waals surface area (Å²) in [5.41, 5.74) is -4.05. The number of hydrogen-bond acceptors (Lipinski definition) is 12. The summed E-state index contributed by atoms with van der Waals surface area (Å²) >= 11 is 15.4. The minimum atomic E-state index is -2.40. The molecular weight excluding hydrogens is 560 g/mol. The van der Waals surface area contributed by atoms with Gasteiger partial charge in [-0.1, -0.05) is 35.7 Å². The Bertz CT molecular complexity index is 979. The predicted octanol–water partition coefficient (Wildman–Crippen LogP) is 5.77. The van der Waals surface area contributed by atoms with Crippen molar-refractivity contribution in [1.82, 2.24) is 15.0 Å². The van der Waals surface area contributed by atoms with Crippen LogP contribution in [0.2, 0.25) is 0 Å². The lowest BCUT2D eigenvalue weighted by Crippen LogP contribution is -2.23. The summed E-state index contributed by atoms with van der Waals surface area (Å²) in [5.74, 6) is 3.55. The second-order valence-electron chi connectivity index (χ2n) is 5.79. The van der Waals surface area contributed by atoms with E-state index >= 15 is 0 Å². The van der Waals surface area contributed by atoms with Crippen LogP contribution in [0, 0.1) is 0 Å². The monoisotopic (exact) mass is 591 g/mol. The van der Waals surface area contributed by atoms with E-state index in [1.807, 2.05) is 31.7 Å². The molecule has 0 saturated heterocycles. The molecule has 0 aliphatic rings. The highest BCUT2D eigenvalue weighted by molar-refractivity contribution is 8.68. The van der Waals surface area contributed by atoms with Gasteiger partial charge in [-0.15, -0.1) is 5.10 Å². The second kappa shape index (κ2) is 17.0. The van der Waals surface area contributed by atoms with Gasteiger partial charge in [0.1, 0.15) is 11.4 Å². The van der Waals surface area contributed by atoms with Gasteiger partial charge in [-0.3, -0.25) is 4.79 Å². The fourth-order valence-corrected chi connectivity index (χ4v) is 10.6. The van der Waals surface area contributed by atoms with Crippen LogP contribution in [0.5, 0.6) is 0 Å². The molecule has 8 nitrogen and oxygen atoms in total. The SMILES string of the molecule is CCOP(=S)(OCC)SCCSCC.COP(=S)(OC)SCn1nnc2ccccc2c1=O. The van der Waals surface area contributed by atoms with Crippen LogP contribution in [-0.2, 0) is 47.6 Å². The quantitative estimate of drug-likeness (QED) is 0.198. The van der Waals surface area contributed by atoms with Crippen LogP contribution in [-0.4, -0.2) is 59.7 Å². The second-order valence-corrected chi connectivity index (χ2v) is 20.1. The third-order valence-electron chi connectivity index (χ3n) is 3.67. The molecule has 0 fully saturated rings. The molecule has 0 atom stereocenters. The predicted molar refractivity (Wildman–Crippen MR) is 153 cm³/mol. The number of rotatable bonds is 14. The van der Waals surface area contributed by atoms with E-state index in [0.29, 0.717) is 24.1 Å². The maximum absolute atomic E-state index is 12.2. The molecule has 0 spiro atoms. The van der Waals surface area contributed by atoms with Crippen LogP contribution in [0.4, 0.5) is 0 Å². The highest BCUT2D eigenvalue weighted by Crippen LogP contribution is 2.61. The van der Waals surface area contributed by atoms with E-state index in [1.54, 1.807) is 29.6 Å². The van der Waals surface area contributed by atoms with Crippen molar-refractivity contribution in [2.24, 2.45) is 0 Å². The Balaban J connectivity index is 0.000000349. The average Bonchev–Trinajstić information content (AvgIpc) is 2.82. The first-order valence-corrected chi connectivity index (χ1v) is 19.7. The van der Waals surface area contributed by atoms with Gasteiger partial charge in [-0.25, -0.2) is 0 Å². The van der Waals surface area contributed by atoms with Gasteiger partial charge in [0.15, 0.2) is 0 Å². The van der Waals surface area contributed by atoms with E-state index in [2.05, 4.69) is 17.2 Å². The molecule has 2 rings (SSSR count). The zero-order valence-electron chi connectivity index (χ0n) is 19.4. The molecule has 0 aliphatic heterocycles. The van der Waals surface area contributed by atoms with E-state index in [1.165, 1.54) is 30.3 Å². The molecule has 2 aromatic rings. The first kappa shape index (κ1) is 31.5. The third-order valence-corrected chi connectivity index (χ3v) is 16.0. The topological polar surface area (TPSA) is 84.7 Å². The minimum absolute atomic E-state index is 0.202. The zero-order valence-corrected chi connectivity index (χ0v) is 25.2. The highest BCUT2D eigenvalue weighted by atomic mass is 32.9. The highest BCUT2D eigenvalue weighted by Gasteiger charge is 2.18. The largest absolute Gasteiger partial charge is 0.325 e. The lowest BCUT2D eigenvalue weighted by atomic mass is 10.2. The van der Waals surface area contributed by atoms with Crippen LogP contribution < -0.4 is 5.56 Å². The lowest BCUT2D eigenvalue weighted by Gasteiger charge is -2.19. The van der Waals surface area contributed by atoms with E-state index in [0.717, 1.165) is 17.3 Å². The summed E-state index contributed by atoms with van der Waals surface area (Å²) in [6, 6.07) is 7.06. The summed E-state index contributed by atoms with van der Waals surface area (Å²) in [5, 5.41) is 8.39. The molecule has 0 unspecified atom stereocenters. The fourth-order valence-electron chi connectivity index (χ4n) is 2.19. The van der Waals surface area contributed by atoms with Crippen molar-refractivity contribution in [3.05, 3.63) is 34.6 Å². The fraction of sp³-hybridized carbons (Fsp3) is 0.611.